The molecule has 1 amide bonds. The molecule has 5 heteroatoms. The minimum atomic E-state index is -0.516. The van der Waals surface area contributed by atoms with Gasteiger partial charge in [-0.3, -0.25) is 4.79 Å². The SMILES string of the molecule is CC(C)CNC(=O)CN(C)c1ccc([C@@H](C)O)c(Br)c1. The van der Waals surface area contributed by atoms with E-state index in [1.165, 1.54) is 0 Å². The molecular weight excluding hydrogens is 320 g/mol. The third-order valence-electron chi connectivity index (χ3n) is 2.96. The van der Waals surface area contributed by atoms with Crippen LogP contribution in [-0.2, 0) is 4.79 Å². The highest BCUT2D eigenvalue weighted by Gasteiger charge is 2.11. The van der Waals surface area contributed by atoms with Crippen LogP contribution in [0.2, 0.25) is 0 Å². The number of carbonyl (C=O) groups excluding carboxylic acids is 1. The van der Waals surface area contributed by atoms with Crippen LogP contribution < -0.4 is 10.2 Å². The fraction of sp³-hybridized carbons (Fsp3) is 0.533. The van der Waals surface area contributed by atoms with E-state index in [1.807, 2.05) is 30.1 Å². The van der Waals surface area contributed by atoms with E-state index in [2.05, 4.69) is 35.1 Å². The Hall–Kier alpha value is -1.07. The number of amides is 1. The summed E-state index contributed by atoms with van der Waals surface area (Å²) in [5, 5.41) is 12.5. The van der Waals surface area contributed by atoms with Gasteiger partial charge in [-0.15, -0.1) is 0 Å². The Balaban J connectivity index is 2.66. The van der Waals surface area contributed by atoms with Crippen molar-refractivity contribution in [3.8, 4) is 0 Å². The summed E-state index contributed by atoms with van der Waals surface area (Å²) in [7, 11) is 1.87. The highest BCUT2D eigenvalue weighted by atomic mass is 79.9. The summed E-state index contributed by atoms with van der Waals surface area (Å²) in [5.41, 5.74) is 1.77. The Morgan fingerprint density at radius 3 is 2.55 bits per heavy atom. The monoisotopic (exact) mass is 342 g/mol. The first-order valence-corrected chi connectivity index (χ1v) is 7.56. The zero-order chi connectivity index (χ0) is 15.3. The van der Waals surface area contributed by atoms with Crippen molar-refractivity contribution in [3.63, 3.8) is 0 Å². The van der Waals surface area contributed by atoms with Crippen LogP contribution in [0.15, 0.2) is 22.7 Å². The number of benzene rings is 1. The summed E-state index contributed by atoms with van der Waals surface area (Å²) in [4.78, 5) is 13.7. The molecule has 0 unspecified atom stereocenters. The Morgan fingerprint density at radius 2 is 2.05 bits per heavy atom. The van der Waals surface area contributed by atoms with E-state index in [0.29, 0.717) is 19.0 Å². The molecular formula is C15H23BrN2O2. The van der Waals surface area contributed by atoms with Crippen LogP contribution >= 0.6 is 15.9 Å². The lowest BCUT2D eigenvalue weighted by Gasteiger charge is -2.20. The lowest BCUT2D eigenvalue weighted by molar-refractivity contribution is -0.119. The van der Waals surface area contributed by atoms with Crippen LogP contribution in [0.5, 0.6) is 0 Å². The molecule has 0 aliphatic carbocycles. The van der Waals surface area contributed by atoms with Crippen molar-refractivity contribution in [1.29, 1.82) is 0 Å². The number of hydrogen-bond donors (Lipinski definition) is 2. The van der Waals surface area contributed by atoms with Crippen molar-refractivity contribution in [3.05, 3.63) is 28.2 Å². The quantitative estimate of drug-likeness (QED) is 0.835. The second-order valence-corrected chi connectivity index (χ2v) is 6.29. The first kappa shape index (κ1) is 17.0. The van der Waals surface area contributed by atoms with E-state index in [0.717, 1.165) is 15.7 Å². The molecule has 0 spiro atoms. The number of anilines is 1. The average Bonchev–Trinajstić information content (AvgIpc) is 2.35. The average molecular weight is 343 g/mol. The summed E-state index contributed by atoms with van der Waals surface area (Å²) < 4.78 is 0.847. The molecule has 4 nitrogen and oxygen atoms in total. The molecule has 0 saturated heterocycles. The van der Waals surface area contributed by atoms with E-state index in [4.69, 9.17) is 0 Å². The molecule has 1 rings (SSSR count). The third kappa shape index (κ3) is 5.13. The topological polar surface area (TPSA) is 52.6 Å². The maximum Gasteiger partial charge on any atom is 0.239 e. The maximum absolute atomic E-state index is 11.8. The van der Waals surface area contributed by atoms with Crippen molar-refractivity contribution >= 4 is 27.5 Å². The van der Waals surface area contributed by atoms with Crippen LogP contribution in [0.4, 0.5) is 5.69 Å². The van der Waals surface area contributed by atoms with Gasteiger partial charge >= 0.3 is 0 Å². The van der Waals surface area contributed by atoms with Gasteiger partial charge in [0.1, 0.15) is 0 Å². The second kappa shape index (κ2) is 7.64. The van der Waals surface area contributed by atoms with Crippen molar-refractivity contribution < 1.29 is 9.90 Å². The molecule has 0 aliphatic rings. The number of carbonyl (C=O) groups is 1. The summed E-state index contributed by atoms with van der Waals surface area (Å²) in [5.74, 6) is 0.459. The molecule has 1 aromatic rings. The van der Waals surface area contributed by atoms with E-state index in [1.54, 1.807) is 6.92 Å². The van der Waals surface area contributed by atoms with Gasteiger partial charge in [-0.05, 0) is 30.5 Å². The predicted octanol–water partition coefficient (Wildman–Crippen LogP) is 2.71. The van der Waals surface area contributed by atoms with Gasteiger partial charge in [0.15, 0.2) is 0 Å². The van der Waals surface area contributed by atoms with Crippen LogP contribution in [0.1, 0.15) is 32.4 Å². The molecule has 0 heterocycles. The zero-order valence-corrected chi connectivity index (χ0v) is 14.1. The van der Waals surface area contributed by atoms with Crippen molar-refractivity contribution in [2.24, 2.45) is 5.92 Å². The lowest BCUT2D eigenvalue weighted by atomic mass is 10.1. The largest absolute Gasteiger partial charge is 0.389 e. The fourth-order valence-corrected chi connectivity index (χ4v) is 2.47. The maximum atomic E-state index is 11.8. The Bertz CT molecular complexity index is 461. The molecule has 1 atom stereocenters. The van der Waals surface area contributed by atoms with E-state index < -0.39 is 6.10 Å². The second-order valence-electron chi connectivity index (χ2n) is 5.44. The molecule has 112 valence electrons. The first-order chi connectivity index (χ1) is 9.31. The summed E-state index contributed by atoms with van der Waals surface area (Å²) in [6, 6.07) is 5.69. The van der Waals surface area contributed by atoms with Gasteiger partial charge < -0.3 is 15.3 Å². The standard InChI is InChI=1S/C15H23BrN2O2/c1-10(2)8-17-15(20)9-18(4)12-5-6-13(11(3)19)14(16)7-12/h5-7,10-11,19H,8-9H2,1-4H3,(H,17,20)/t11-/m1/s1. The summed E-state index contributed by atoms with van der Waals surface area (Å²) >= 11 is 3.44. The Labute approximate surface area is 129 Å². The number of hydrogen-bond acceptors (Lipinski definition) is 3. The number of halogens is 1. The molecule has 0 aliphatic heterocycles. The Morgan fingerprint density at radius 1 is 1.40 bits per heavy atom. The van der Waals surface area contributed by atoms with Crippen LogP contribution in [0.3, 0.4) is 0 Å². The smallest absolute Gasteiger partial charge is 0.239 e. The molecule has 1 aromatic carbocycles. The fourth-order valence-electron chi connectivity index (χ4n) is 1.77. The highest BCUT2D eigenvalue weighted by molar-refractivity contribution is 9.10. The van der Waals surface area contributed by atoms with Gasteiger partial charge in [-0.1, -0.05) is 35.8 Å². The van der Waals surface area contributed by atoms with Crippen LogP contribution in [0, 0.1) is 5.92 Å². The first-order valence-electron chi connectivity index (χ1n) is 6.76. The van der Waals surface area contributed by atoms with Crippen molar-refractivity contribution in [2.75, 3.05) is 25.0 Å². The zero-order valence-electron chi connectivity index (χ0n) is 12.5. The van der Waals surface area contributed by atoms with Crippen molar-refractivity contribution in [1.82, 2.24) is 5.32 Å². The Kier molecular flexibility index (Phi) is 6.49. The van der Waals surface area contributed by atoms with E-state index in [-0.39, 0.29) is 5.91 Å². The van der Waals surface area contributed by atoms with Crippen LogP contribution in [-0.4, -0.2) is 31.2 Å². The minimum Gasteiger partial charge on any atom is -0.389 e. The third-order valence-corrected chi connectivity index (χ3v) is 3.65. The normalized spacial score (nSPS) is 12.3. The number of nitrogens with zero attached hydrogens (tertiary/aromatic N) is 1. The van der Waals surface area contributed by atoms with Gasteiger partial charge in [-0.2, -0.15) is 0 Å². The van der Waals surface area contributed by atoms with Crippen LogP contribution in [0.25, 0.3) is 0 Å². The molecule has 0 saturated carbocycles. The molecule has 0 bridgehead atoms. The summed E-state index contributed by atoms with van der Waals surface area (Å²) in [6.45, 7) is 6.86. The molecule has 0 aromatic heterocycles. The molecule has 0 radical (unpaired) electrons. The number of rotatable bonds is 6. The number of likely N-dealkylation sites (N-methyl/N-ethyl adjacent to an activating group) is 1. The van der Waals surface area contributed by atoms with Crippen molar-refractivity contribution in [2.45, 2.75) is 26.9 Å². The minimum absolute atomic E-state index is 0.0110. The molecule has 2 N–H and O–H groups in total. The van der Waals surface area contributed by atoms with Gasteiger partial charge in [0.25, 0.3) is 0 Å². The van der Waals surface area contributed by atoms with Gasteiger partial charge in [0.05, 0.1) is 12.6 Å². The highest BCUT2D eigenvalue weighted by Crippen LogP contribution is 2.27. The van der Waals surface area contributed by atoms with Gasteiger partial charge in [0, 0.05) is 23.8 Å². The predicted molar refractivity (Wildman–Crippen MR) is 85.9 cm³/mol. The number of nitrogens with one attached hydrogen (secondary N) is 1. The summed E-state index contributed by atoms with van der Waals surface area (Å²) in [6.07, 6.45) is -0.516. The molecule has 0 fully saturated rings. The van der Waals surface area contributed by atoms with E-state index in [9.17, 15) is 9.90 Å². The van der Waals surface area contributed by atoms with Gasteiger partial charge in [0.2, 0.25) is 5.91 Å². The number of aliphatic hydroxyl groups is 1. The van der Waals surface area contributed by atoms with E-state index >= 15 is 0 Å². The number of aliphatic hydroxyl groups excluding tert-OH is 1. The van der Waals surface area contributed by atoms with Gasteiger partial charge in [-0.25, -0.2) is 0 Å². The molecule has 20 heavy (non-hydrogen) atoms. The lowest BCUT2D eigenvalue weighted by Crippen LogP contribution is -2.36.